The molecule has 2 N–H and O–H groups in total. The number of imidazole rings is 1. The van der Waals surface area contributed by atoms with Crippen LogP contribution >= 0.6 is 0 Å². The van der Waals surface area contributed by atoms with Crippen molar-refractivity contribution in [1.82, 2.24) is 19.9 Å². The Morgan fingerprint density at radius 3 is 2.75 bits per heavy atom. The number of ether oxygens (including phenoxy) is 1. The van der Waals surface area contributed by atoms with Gasteiger partial charge in [-0.15, -0.1) is 0 Å². The highest BCUT2D eigenvalue weighted by molar-refractivity contribution is 7.91. The Labute approximate surface area is 210 Å². The topological polar surface area (TPSA) is 121 Å². The average Bonchev–Trinajstić information content (AvgIpc) is 3.56. The molecule has 4 aromatic rings. The van der Waals surface area contributed by atoms with Gasteiger partial charge in [-0.1, -0.05) is 19.9 Å². The summed E-state index contributed by atoms with van der Waals surface area (Å²) in [5, 5.41) is 10.7. The molecule has 0 saturated carbocycles. The standard InChI is InChI=1S/C26H29N5O4S/c1-3-23(32)21-9-7-13-31(21)22-14-19-20(30-26(29-19)18-8-5-6-12-27-18)15-24(22)35-17-10-11-25(28-16-17)36(33,34)4-2/h5-6,8,10-12,14-16,21,23,32H,3-4,7,9,13H2,1-2H3,(H,29,30). The number of nitrogens with one attached hydrogen (secondary N) is 1. The molecule has 2 atom stereocenters. The minimum Gasteiger partial charge on any atom is -0.453 e. The Morgan fingerprint density at radius 1 is 1.19 bits per heavy atom. The zero-order chi connectivity index (χ0) is 25.3. The maximum Gasteiger partial charge on any atom is 0.195 e. The Bertz CT molecular complexity index is 1460. The van der Waals surface area contributed by atoms with Crippen molar-refractivity contribution in [2.45, 2.75) is 50.3 Å². The number of hydrogen-bond acceptors (Lipinski definition) is 8. The monoisotopic (exact) mass is 507 g/mol. The average molecular weight is 508 g/mol. The number of rotatable bonds is 8. The van der Waals surface area contributed by atoms with E-state index in [0.29, 0.717) is 29.3 Å². The van der Waals surface area contributed by atoms with E-state index >= 15 is 0 Å². The van der Waals surface area contributed by atoms with E-state index in [0.717, 1.165) is 36.3 Å². The van der Waals surface area contributed by atoms with E-state index in [-0.39, 0.29) is 16.8 Å². The molecular weight excluding hydrogens is 478 g/mol. The molecule has 0 aliphatic carbocycles. The molecule has 3 aromatic heterocycles. The predicted molar refractivity (Wildman–Crippen MR) is 138 cm³/mol. The Kier molecular flexibility index (Phi) is 6.63. The smallest absolute Gasteiger partial charge is 0.195 e. The van der Waals surface area contributed by atoms with E-state index in [2.05, 4.69) is 19.9 Å². The van der Waals surface area contributed by atoms with E-state index in [1.165, 1.54) is 12.3 Å². The zero-order valence-corrected chi connectivity index (χ0v) is 21.1. The lowest BCUT2D eigenvalue weighted by Crippen LogP contribution is -2.38. The fraction of sp³-hybridized carbons (Fsp3) is 0.346. The second kappa shape index (κ2) is 9.87. The first kappa shape index (κ1) is 24.2. The SMILES string of the molecule is CCC(O)C1CCCN1c1cc2[nH]c(-c3ccccn3)nc2cc1Oc1ccc(S(=O)(=O)CC)nc1. The van der Waals surface area contributed by atoms with Crippen molar-refractivity contribution in [3.63, 3.8) is 0 Å². The van der Waals surface area contributed by atoms with Crippen LogP contribution in [0.25, 0.3) is 22.6 Å². The lowest BCUT2D eigenvalue weighted by atomic mass is 10.1. The summed E-state index contributed by atoms with van der Waals surface area (Å²) in [6, 6.07) is 12.5. The number of nitrogens with zero attached hydrogens (tertiary/aromatic N) is 4. The van der Waals surface area contributed by atoms with E-state index in [4.69, 9.17) is 9.72 Å². The molecule has 1 aliphatic heterocycles. The van der Waals surface area contributed by atoms with E-state index in [1.54, 1.807) is 19.2 Å². The first-order chi connectivity index (χ1) is 17.4. The molecule has 1 aromatic carbocycles. The molecule has 188 valence electrons. The molecule has 10 heteroatoms. The minimum atomic E-state index is -3.40. The van der Waals surface area contributed by atoms with E-state index in [1.807, 2.05) is 37.3 Å². The summed E-state index contributed by atoms with van der Waals surface area (Å²) in [7, 11) is -3.40. The second-order valence-electron chi connectivity index (χ2n) is 8.85. The largest absolute Gasteiger partial charge is 0.453 e. The molecule has 0 bridgehead atoms. The van der Waals surface area contributed by atoms with Gasteiger partial charge in [0.05, 0.1) is 40.8 Å². The molecule has 0 amide bonds. The molecule has 0 radical (unpaired) electrons. The van der Waals surface area contributed by atoms with E-state index in [9.17, 15) is 13.5 Å². The van der Waals surface area contributed by atoms with Gasteiger partial charge in [-0.05, 0) is 49.6 Å². The number of H-pyrrole nitrogens is 1. The van der Waals surface area contributed by atoms with Crippen LogP contribution in [0.3, 0.4) is 0 Å². The third-order valence-electron chi connectivity index (χ3n) is 6.58. The fourth-order valence-electron chi connectivity index (χ4n) is 4.61. The predicted octanol–water partition coefficient (Wildman–Crippen LogP) is 4.35. The van der Waals surface area contributed by atoms with Crippen LogP contribution < -0.4 is 9.64 Å². The van der Waals surface area contributed by atoms with Crippen molar-refractivity contribution in [2.75, 3.05) is 17.2 Å². The number of anilines is 1. The summed E-state index contributed by atoms with van der Waals surface area (Å²) in [6.07, 6.45) is 5.20. The Balaban J connectivity index is 1.57. The number of pyridine rings is 2. The summed E-state index contributed by atoms with van der Waals surface area (Å²) < 4.78 is 30.5. The quantitative estimate of drug-likeness (QED) is 0.361. The molecular formula is C26H29N5O4S. The first-order valence-electron chi connectivity index (χ1n) is 12.2. The van der Waals surface area contributed by atoms with Crippen molar-refractivity contribution in [2.24, 2.45) is 0 Å². The van der Waals surface area contributed by atoms with Gasteiger partial charge in [0, 0.05) is 18.8 Å². The zero-order valence-electron chi connectivity index (χ0n) is 20.3. The molecule has 2 unspecified atom stereocenters. The van der Waals surface area contributed by atoms with Gasteiger partial charge in [0.1, 0.15) is 11.4 Å². The second-order valence-corrected chi connectivity index (χ2v) is 11.1. The van der Waals surface area contributed by atoms with Crippen molar-refractivity contribution in [3.05, 3.63) is 54.9 Å². The Morgan fingerprint density at radius 2 is 2.06 bits per heavy atom. The molecule has 36 heavy (non-hydrogen) atoms. The molecule has 0 spiro atoms. The van der Waals surface area contributed by atoms with Crippen LogP contribution in [-0.2, 0) is 9.84 Å². The maximum atomic E-state index is 12.1. The van der Waals surface area contributed by atoms with Crippen LogP contribution in [-0.4, -0.2) is 57.9 Å². The number of sulfone groups is 1. The van der Waals surface area contributed by atoms with Crippen LogP contribution in [0.2, 0.25) is 0 Å². The van der Waals surface area contributed by atoms with Gasteiger partial charge in [-0.2, -0.15) is 0 Å². The van der Waals surface area contributed by atoms with E-state index < -0.39 is 15.9 Å². The van der Waals surface area contributed by atoms with Gasteiger partial charge in [0.25, 0.3) is 0 Å². The van der Waals surface area contributed by atoms with Gasteiger partial charge >= 0.3 is 0 Å². The molecule has 5 rings (SSSR count). The number of aromatic amines is 1. The number of aliphatic hydroxyl groups excluding tert-OH is 1. The van der Waals surface area contributed by atoms with Crippen LogP contribution in [0.1, 0.15) is 33.1 Å². The molecule has 1 saturated heterocycles. The highest BCUT2D eigenvalue weighted by atomic mass is 32.2. The third-order valence-corrected chi connectivity index (χ3v) is 8.22. The molecule has 9 nitrogen and oxygen atoms in total. The number of aromatic nitrogens is 4. The van der Waals surface area contributed by atoms with Gasteiger partial charge in [0.2, 0.25) is 0 Å². The third kappa shape index (κ3) is 4.66. The molecule has 1 fully saturated rings. The fourth-order valence-corrected chi connectivity index (χ4v) is 5.39. The minimum absolute atomic E-state index is 0.0190. The summed E-state index contributed by atoms with van der Waals surface area (Å²) >= 11 is 0. The van der Waals surface area contributed by atoms with Gasteiger partial charge in [0.15, 0.2) is 26.4 Å². The van der Waals surface area contributed by atoms with Crippen molar-refractivity contribution in [3.8, 4) is 23.0 Å². The van der Waals surface area contributed by atoms with Gasteiger partial charge < -0.3 is 19.7 Å². The summed E-state index contributed by atoms with van der Waals surface area (Å²) in [6.45, 7) is 4.35. The molecule has 1 aliphatic rings. The van der Waals surface area contributed by atoms with Gasteiger partial charge in [-0.3, -0.25) is 4.98 Å². The number of fused-ring (bicyclic) bond motifs is 1. The highest BCUT2D eigenvalue weighted by Gasteiger charge is 2.32. The number of aliphatic hydroxyl groups is 1. The summed E-state index contributed by atoms with van der Waals surface area (Å²) in [4.78, 5) is 18.8. The van der Waals surface area contributed by atoms with Crippen molar-refractivity contribution >= 4 is 26.6 Å². The summed E-state index contributed by atoms with van der Waals surface area (Å²) in [5.41, 5.74) is 3.10. The highest BCUT2D eigenvalue weighted by Crippen LogP contribution is 2.40. The van der Waals surface area contributed by atoms with Gasteiger partial charge in [-0.25, -0.2) is 18.4 Å². The van der Waals surface area contributed by atoms with Crippen LogP contribution in [0, 0.1) is 0 Å². The number of benzene rings is 1. The Hall–Kier alpha value is -3.50. The maximum absolute atomic E-state index is 12.1. The summed E-state index contributed by atoms with van der Waals surface area (Å²) in [5.74, 6) is 1.60. The van der Waals surface area contributed by atoms with Crippen molar-refractivity contribution < 1.29 is 18.3 Å². The normalized spacial score (nSPS) is 17.0. The number of hydrogen-bond donors (Lipinski definition) is 2. The lowest BCUT2D eigenvalue weighted by Gasteiger charge is -2.31. The van der Waals surface area contributed by atoms with Crippen LogP contribution in [0.5, 0.6) is 11.5 Å². The van der Waals surface area contributed by atoms with Crippen LogP contribution in [0.15, 0.2) is 59.9 Å². The van der Waals surface area contributed by atoms with Crippen LogP contribution in [0.4, 0.5) is 5.69 Å². The first-order valence-corrected chi connectivity index (χ1v) is 13.8. The van der Waals surface area contributed by atoms with Crippen molar-refractivity contribution in [1.29, 1.82) is 0 Å². The lowest BCUT2D eigenvalue weighted by molar-refractivity contribution is 0.141. The molecule has 4 heterocycles.